The molecule has 0 aliphatic heterocycles. The van der Waals surface area contributed by atoms with E-state index in [9.17, 15) is 9.59 Å². The van der Waals surface area contributed by atoms with Gasteiger partial charge in [-0.15, -0.1) is 0 Å². The summed E-state index contributed by atoms with van der Waals surface area (Å²) in [5.74, 6) is -0.493. The van der Waals surface area contributed by atoms with Crippen LogP contribution in [-0.4, -0.2) is 11.6 Å². The largest absolute Gasteiger partial charge is 0.294 e. The lowest BCUT2D eigenvalue weighted by Crippen LogP contribution is -2.50. The highest BCUT2D eigenvalue weighted by atomic mass is 16.1. The van der Waals surface area contributed by atoms with Crippen LogP contribution in [-0.2, 0) is 0 Å². The van der Waals surface area contributed by atoms with Crippen molar-refractivity contribution in [3.05, 3.63) is 118 Å². The first-order chi connectivity index (χ1) is 14.7. The third-order valence-corrected chi connectivity index (χ3v) is 7.46. The molecular weight excluding hydrogens is 368 g/mol. The Morgan fingerprint density at radius 2 is 0.800 bits per heavy atom. The van der Waals surface area contributed by atoms with Crippen molar-refractivity contribution in [2.24, 2.45) is 11.8 Å². The average Bonchev–Trinajstić information content (AvgIpc) is 2.81. The zero-order valence-corrected chi connectivity index (χ0v) is 16.2. The Bertz CT molecular complexity index is 1260. The second-order valence-corrected chi connectivity index (χ2v) is 8.74. The van der Waals surface area contributed by atoms with Gasteiger partial charge in [-0.25, -0.2) is 0 Å². The summed E-state index contributed by atoms with van der Waals surface area (Å²) in [5.41, 5.74) is 6.06. The van der Waals surface area contributed by atoms with Crippen LogP contribution in [0.5, 0.6) is 0 Å². The maximum Gasteiger partial charge on any atom is 0.168 e. The van der Waals surface area contributed by atoms with Crippen LogP contribution in [0.4, 0.5) is 0 Å². The molecule has 142 valence electrons. The Morgan fingerprint density at radius 3 is 1.17 bits per heavy atom. The van der Waals surface area contributed by atoms with Gasteiger partial charge in [-0.3, -0.25) is 9.59 Å². The van der Waals surface area contributed by atoms with Gasteiger partial charge in [0.2, 0.25) is 0 Å². The summed E-state index contributed by atoms with van der Waals surface area (Å²) in [7, 11) is 0. The van der Waals surface area contributed by atoms with Crippen molar-refractivity contribution in [2.45, 2.75) is 11.8 Å². The van der Waals surface area contributed by atoms with E-state index in [1.165, 1.54) is 22.3 Å². The molecule has 4 aliphatic carbocycles. The number of ketones is 2. The minimum absolute atomic E-state index is 0.0523. The molecule has 0 amide bonds. The lowest BCUT2D eigenvalue weighted by atomic mass is 9.50. The molecule has 2 bridgehead atoms. The fourth-order valence-corrected chi connectivity index (χ4v) is 6.31. The van der Waals surface area contributed by atoms with Crippen molar-refractivity contribution in [3.8, 4) is 0 Å². The van der Waals surface area contributed by atoms with Gasteiger partial charge in [0.25, 0.3) is 0 Å². The summed E-state index contributed by atoms with van der Waals surface area (Å²) in [4.78, 5) is 27.8. The maximum atomic E-state index is 13.9. The first-order valence-electron chi connectivity index (χ1n) is 10.5. The third-order valence-electron chi connectivity index (χ3n) is 7.46. The highest BCUT2D eigenvalue weighted by molar-refractivity contribution is 6.19. The van der Waals surface area contributed by atoms with Crippen LogP contribution in [0.3, 0.4) is 0 Å². The first-order valence-corrected chi connectivity index (χ1v) is 10.5. The molecule has 4 aromatic rings. The van der Waals surface area contributed by atoms with Gasteiger partial charge in [0.1, 0.15) is 0 Å². The lowest BCUT2D eigenvalue weighted by molar-refractivity contribution is 0.0664. The van der Waals surface area contributed by atoms with E-state index in [4.69, 9.17) is 0 Å². The zero-order chi connectivity index (χ0) is 20.0. The first kappa shape index (κ1) is 16.3. The molecule has 0 saturated heterocycles. The Kier molecular flexibility index (Phi) is 3.01. The van der Waals surface area contributed by atoms with E-state index in [0.717, 1.165) is 10.8 Å². The maximum absolute atomic E-state index is 13.9. The number of hydrogen-bond acceptors (Lipinski definition) is 2. The summed E-state index contributed by atoms with van der Waals surface area (Å²) in [5, 5.41) is 2.02. The lowest BCUT2D eigenvalue weighted by Gasteiger charge is -2.51. The van der Waals surface area contributed by atoms with Crippen molar-refractivity contribution in [3.63, 3.8) is 0 Å². The molecule has 2 nitrogen and oxygen atoms in total. The Morgan fingerprint density at radius 1 is 0.467 bits per heavy atom. The number of carbonyl (C=O) groups excluding carboxylic acids is 2. The molecule has 2 unspecified atom stereocenters. The number of hydrogen-bond donors (Lipinski definition) is 0. The third kappa shape index (κ3) is 1.85. The molecule has 30 heavy (non-hydrogen) atoms. The van der Waals surface area contributed by atoms with E-state index in [1.54, 1.807) is 0 Å². The Labute approximate surface area is 174 Å². The van der Waals surface area contributed by atoms with E-state index < -0.39 is 0 Å². The number of rotatable bonds is 0. The molecule has 2 atom stereocenters. The van der Waals surface area contributed by atoms with Crippen molar-refractivity contribution in [1.29, 1.82) is 0 Å². The number of benzene rings is 4. The second kappa shape index (κ2) is 5.54. The molecule has 4 aromatic carbocycles. The standard InChI is InChI=1S/C28H18O2/c29-27-21-13-15-7-1-2-8-16(15)14-22(21)28(30)26-24-19-11-5-3-9-17(19)23(25(26)27)18-10-4-6-12-20(18)24/h1-14,23-26H. The van der Waals surface area contributed by atoms with E-state index in [1.807, 2.05) is 60.7 Å². The van der Waals surface area contributed by atoms with Crippen molar-refractivity contribution in [2.75, 3.05) is 0 Å². The Balaban J connectivity index is 1.53. The van der Waals surface area contributed by atoms with E-state index in [0.29, 0.717) is 11.1 Å². The van der Waals surface area contributed by atoms with Gasteiger partial charge < -0.3 is 0 Å². The predicted octanol–water partition coefficient (Wildman–Crippen LogP) is 5.74. The van der Waals surface area contributed by atoms with Gasteiger partial charge in [-0.2, -0.15) is 0 Å². The van der Waals surface area contributed by atoms with E-state index in [-0.39, 0.29) is 35.2 Å². The van der Waals surface area contributed by atoms with Gasteiger partial charge in [0.15, 0.2) is 11.6 Å². The SMILES string of the molecule is O=C1c2cc3ccccc3cc2C(=O)C2C3c4ccccc4C(c4ccccc43)C12. The number of carbonyl (C=O) groups is 2. The van der Waals surface area contributed by atoms with Crippen LogP contribution in [0.2, 0.25) is 0 Å². The summed E-state index contributed by atoms with van der Waals surface area (Å²) in [6.07, 6.45) is 0. The van der Waals surface area contributed by atoms with Crippen LogP contribution >= 0.6 is 0 Å². The van der Waals surface area contributed by atoms with Gasteiger partial charge in [-0.1, -0.05) is 72.8 Å². The molecule has 0 radical (unpaired) electrons. The summed E-state index contributed by atoms with van der Waals surface area (Å²) >= 11 is 0. The van der Waals surface area contributed by atoms with E-state index >= 15 is 0 Å². The highest BCUT2D eigenvalue weighted by Crippen LogP contribution is 2.61. The molecule has 0 saturated carbocycles. The van der Waals surface area contributed by atoms with Crippen molar-refractivity contribution < 1.29 is 9.59 Å². The van der Waals surface area contributed by atoms with Gasteiger partial charge >= 0.3 is 0 Å². The highest BCUT2D eigenvalue weighted by Gasteiger charge is 2.57. The molecule has 0 heterocycles. The molecular formula is C28H18O2. The molecule has 0 aromatic heterocycles. The summed E-state index contributed by atoms with van der Waals surface area (Å²) in [6, 6.07) is 28.6. The van der Waals surface area contributed by atoms with Crippen LogP contribution in [0.25, 0.3) is 10.8 Å². The van der Waals surface area contributed by atoms with Crippen molar-refractivity contribution >= 4 is 22.3 Å². The molecule has 0 N–H and O–H groups in total. The molecule has 4 aliphatic rings. The Hall–Kier alpha value is -3.52. The zero-order valence-electron chi connectivity index (χ0n) is 16.2. The fourth-order valence-electron chi connectivity index (χ4n) is 6.31. The van der Waals surface area contributed by atoms with Crippen LogP contribution in [0, 0.1) is 11.8 Å². The van der Waals surface area contributed by atoms with Crippen LogP contribution in [0.15, 0.2) is 84.9 Å². The van der Waals surface area contributed by atoms with E-state index in [2.05, 4.69) is 24.3 Å². The molecule has 2 heteroatoms. The topological polar surface area (TPSA) is 34.1 Å². The van der Waals surface area contributed by atoms with Gasteiger partial charge in [0.05, 0.1) is 0 Å². The number of fused-ring (bicyclic) bond motifs is 2. The van der Waals surface area contributed by atoms with Gasteiger partial charge in [0, 0.05) is 34.8 Å². The second-order valence-electron chi connectivity index (χ2n) is 8.74. The smallest absolute Gasteiger partial charge is 0.168 e. The quantitative estimate of drug-likeness (QED) is 0.386. The monoisotopic (exact) mass is 386 g/mol. The molecule has 8 rings (SSSR count). The number of Topliss-reactive ketones (excluding diaryl/α,β-unsaturated/α-hetero) is 2. The fraction of sp³-hybridized carbons (Fsp3) is 0.143. The van der Waals surface area contributed by atoms with Crippen molar-refractivity contribution in [1.82, 2.24) is 0 Å². The normalized spacial score (nSPS) is 25.5. The molecule has 0 spiro atoms. The average molecular weight is 386 g/mol. The predicted molar refractivity (Wildman–Crippen MR) is 116 cm³/mol. The summed E-state index contributed by atoms with van der Waals surface area (Å²) in [6.45, 7) is 0. The van der Waals surface area contributed by atoms with Crippen LogP contribution in [0.1, 0.15) is 54.8 Å². The minimum Gasteiger partial charge on any atom is -0.294 e. The minimum atomic E-state index is -0.319. The van der Waals surface area contributed by atoms with Gasteiger partial charge in [-0.05, 0) is 45.2 Å². The van der Waals surface area contributed by atoms with Crippen LogP contribution < -0.4 is 0 Å². The molecule has 0 fully saturated rings. The summed E-state index contributed by atoms with van der Waals surface area (Å²) < 4.78 is 0.